The molecule has 0 heterocycles. The molecule has 12 nitrogen and oxygen atoms in total. The number of ketones is 4. The van der Waals surface area contributed by atoms with E-state index in [0.717, 1.165) is 0 Å². The van der Waals surface area contributed by atoms with E-state index < -0.39 is 57.6 Å². The minimum atomic E-state index is -1.11. The minimum absolute atomic E-state index is 0.0561. The van der Waals surface area contributed by atoms with E-state index in [0.29, 0.717) is 11.4 Å². The molecule has 0 aliphatic heterocycles. The van der Waals surface area contributed by atoms with Crippen LogP contribution in [0.3, 0.4) is 0 Å². The Labute approximate surface area is 309 Å². The Balaban J connectivity index is 1.85. The number of Topliss-reactive ketones (excluding diaryl/α,β-unsaturated/α-hetero) is 4. The number of anilines is 4. The van der Waals surface area contributed by atoms with Gasteiger partial charge in [0.2, 0.25) is 23.1 Å². The zero-order chi connectivity index (χ0) is 39.2. The average Bonchev–Trinajstić information content (AvgIpc) is 3.15. The van der Waals surface area contributed by atoms with Gasteiger partial charge in [-0.05, 0) is 61.1 Å². The third-order valence-corrected chi connectivity index (χ3v) is 9.77. The summed E-state index contributed by atoms with van der Waals surface area (Å²) in [6.45, 7) is 10.1. The van der Waals surface area contributed by atoms with Crippen LogP contribution in [-0.4, -0.2) is 45.9 Å². The molecule has 12 heteroatoms. The molecular formula is C42H38N4O8. The van der Waals surface area contributed by atoms with Gasteiger partial charge in [0.15, 0.2) is 12.6 Å². The molecule has 0 fully saturated rings. The number of hydrazine groups is 2. The van der Waals surface area contributed by atoms with Crippen LogP contribution in [0.25, 0.3) is 33.4 Å². The summed E-state index contributed by atoms with van der Waals surface area (Å²) in [5.74, 6) is -6.28. The van der Waals surface area contributed by atoms with Crippen LogP contribution in [0.1, 0.15) is 38.8 Å². The number of hydrogen-bond acceptors (Lipinski definition) is 12. The molecule has 0 spiro atoms. The van der Waals surface area contributed by atoms with E-state index in [4.69, 9.17) is 0 Å². The number of phenolic OH excluding ortho intramolecular Hbond substituents is 2. The van der Waals surface area contributed by atoms with Crippen LogP contribution in [0.5, 0.6) is 11.5 Å². The van der Waals surface area contributed by atoms with Crippen molar-refractivity contribution < 1.29 is 39.0 Å². The number of carbonyl (C=O) groups is 6. The Hall–Kier alpha value is -6.82. The first-order chi connectivity index (χ1) is 25.8. The molecule has 0 radical (unpaired) electrons. The third-order valence-electron chi connectivity index (χ3n) is 9.77. The SMILES string of the molecule is Cc1c(-c2c(C)c(NNc3ccccc3)c3c(c2O)=C(C=O)C(=O)C(=O)C=3C(C)C)c(O)c2c(c1NNc1ccccc1)=C(C(C)C)C(=O)C(=O)C=2C=O. The standard InChI is InChI=1S/C42H38N4O8/c1-19(2)27-33-31(25(17-47)37(49)41(27)53)39(51)29(21(5)35(33)45-43-23-13-9-7-10-14-23)30-22(6)36(46-44-24-15-11-8-12-16-24)34-28(20(3)4)42(54)38(50)26(18-48)32(34)40(30)52/h7-20,43-46,51-52H,1-6H3. The molecule has 4 aromatic carbocycles. The van der Waals surface area contributed by atoms with Gasteiger partial charge in [-0.3, -0.25) is 39.6 Å². The van der Waals surface area contributed by atoms with Gasteiger partial charge in [0, 0.05) is 43.1 Å². The van der Waals surface area contributed by atoms with E-state index in [2.05, 4.69) is 21.7 Å². The summed E-state index contributed by atoms with van der Waals surface area (Å²) in [6, 6.07) is 17.9. The van der Waals surface area contributed by atoms with Crippen LogP contribution in [-0.2, 0) is 28.8 Å². The maximum absolute atomic E-state index is 13.6. The minimum Gasteiger partial charge on any atom is -0.507 e. The maximum atomic E-state index is 13.6. The van der Waals surface area contributed by atoms with Crippen LogP contribution in [0.4, 0.5) is 22.7 Å². The molecule has 0 bridgehead atoms. The van der Waals surface area contributed by atoms with Crippen molar-refractivity contribution in [2.45, 2.75) is 41.5 Å². The van der Waals surface area contributed by atoms with Crippen LogP contribution < -0.4 is 42.6 Å². The molecule has 274 valence electrons. The molecule has 2 aliphatic carbocycles. The van der Waals surface area contributed by atoms with Gasteiger partial charge in [0.1, 0.15) is 11.5 Å². The Bertz CT molecular complexity index is 2410. The fraction of sp³-hybridized carbons (Fsp3) is 0.190. The molecule has 0 atom stereocenters. The first kappa shape index (κ1) is 37.0. The van der Waals surface area contributed by atoms with Crippen molar-refractivity contribution in [2.75, 3.05) is 21.7 Å². The number of aromatic hydroxyl groups is 2. The van der Waals surface area contributed by atoms with Gasteiger partial charge in [-0.25, -0.2) is 0 Å². The van der Waals surface area contributed by atoms with Gasteiger partial charge < -0.3 is 21.1 Å². The molecule has 0 aromatic heterocycles. The lowest BCUT2D eigenvalue weighted by atomic mass is 9.80. The van der Waals surface area contributed by atoms with Crippen molar-refractivity contribution in [3.05, 3.63) is 92.7 Å². The number of hydrogen-bond donors (Lipinski definition) is 6. The molecule has 6 N–H and O–H groups in total. The molecule has 4 aromatic rings. The van der Waals surface area contributed by atoms with E-state index in [1.165, 1.54) is 0 Å². The number of phenols is 2. The predicted molar refractivity (Wildman–Crippen MR) is 206 cm³/mol. The van der Waals surface area contributed by atoms with E-state index in [-0.39, 0.29) is 78.2 Å². The molecule has 0 amide bonds. The number of carbonyl (C=O) groups excluding carboxylic acids is 6. The second-order valence-corrected chi connectivity index (χ2v) is 13.7. The lowest BCUT2D eigenvalue weighted by Crippen LogP contribution is -2.46. The Morgan fingerprint density at radius 3 is 1.13 bits per heavy atom. The summed E-state index contributed by atoms with van der Waals surface area (Å²) in [7, 11) is 0. The summed E-state index contributed by atoms with van der Waals surface area (Å²) in [5, 5.41) is 24.5. The highest BCUT2D eigenvalue weighted by molar-refractivity contribution is 6.69. The Morgan fingerprint density at radius 1 is 0.500 bits per heavy atom. The fourth-order valence-corrected chi connectivity index (χ4v) is 7.29. The van der Waals surface area contributed by atoms with Gasteiger partial charge in [-0.15, -0.1) is 0 Å². The number of aldehydes is 2. The molecular weight excluding hydrogens is 688 g/mol. The summed E-state index contributed by atoms with van der Waals surface area (Å²) < 4.78 is 0. The van der Waals surface area contributed by atoms with Crippen molar-refractivity contribution in [3.8, 4) is 22.6 Å². The highest BCUT2D eigenvalue weighted by Crippen LogP contribution is 2.42. The van der Waals surface area contributed by atoms with Gasteiger partial charge >= 0.3 is 0 Å². The quantitative estimate of drug-likeness (QED) is 0.0575. The maximum Gasteiger partial charge on any atom is 0.237 e. The van der Waals surface area contributed by atoms with Crippen LogP contribution in [0.2, 0.25) is 0 Å². The van der Waals surface area contributed by atoms with E-state index in [1.54, 1.807) is 90.1 Å². The van der Waals surface area contributed by atoms with Crippen molar-refractivity contribution in [3.63, 3.8) is 0 Å². The summed E-state index contributed by atoms with van der Waals surface area (Å²) in [6.07, 6.45) is 0.429. The van der Waals surface area contributed by atoms with E-state index >= 15 is 0 Å². The van der Waals surface area contributed by atoms with E-state index in [9.17, 15) is 39.0 Å². The van der Waals surface area contributed by atoms with Crippen molar-refractivity contribution >= 4 is 80.7 Å². The number of nitrogens with one attached hydrogen (secondary N) is 4. The number of benzene rings is 4. The molecule has 0 saturated carbocycles. The van der Waals surface area contributed by atoms with Crippen molar-refractivity contribution in [2.24, 2.45) is 11.8 Å². The molecule has 0 unspecified atom stereocenters. The first-order valence-corrected chi connectivity index (χ1v) is 17.3. The van der Waals surface area contributed by atoms with Crippen LogP contribution >= 0.6 is 0 Å². The van der Waals surface area contributed by atoms with Gasteiger partial charge in [0.25, 0.3) is 0 Å². The summed E-state index contributed by atoms with van der Waals surface area (Å²) >= 11 is 0. The first-order valence-electron chi connectivity index (χ1n) is 17.3. The fourth-order valence-electron chi connectivity index (χ4n) is 7.29. The Morgan fingerprint density at radius 2 is 0.833 bits per heavy atom. The van der Waals surface area contributed by atoms with Crippen LogP contribution in [0, 0.1) is 25.7 Å². The lowest BCUT2D eigenvalue weighted by molar-refractivity contribution is -0.130. The summed E-state index contributed by atoms with van der Waals surface area (Å²) in [4.78, 5) is 79.4. The molecule has 2 aliphatic rings. The topological polar surface area (TPSA) is 191 Å². The second kappa shape index (κ2) is 14.3. The van der Waals surface area contributed by atoms with Gasteiger partial charge in [0.05, 0.1) is 33.9 Å². The average molecular weight is 727 g/mol. The normalized spacial score (nSPS) is 14.0. The summed E-state index contributed by atoms with van der Waals surface area (Å²) in [5.41, 5.74) is 13.4. The molecule has 0 saturated heterocycles. The predicted octanol–water partition coefficient (Wildman–Crippen LogP) is 2.88. The van der Waals surface area contributed by atoms with Crippen molar-refractivity contribution in [1.29, 1.82) is 0 Å². The zero-order valence-corrected chi connectivity index (χ0v) is 30.4. The largest absolute Gasteiger partial charge is 0.507 e. The monoisotopic (exact) mass is 726 g/mol. The highest BCUT2D eigenvalue weighted by atomic mass is 16.3. The third kappa shape index (κ3) is 5.81. The molecule has 6 rings (SSSR count). The van der Waals surface area contributed by atoms with E-state index in [1.807, 2.05) is 12.1 Å². The smallest absolute Gasteiger partial charge is 0.237 e. The number of para-hydroxylation sites is 2. The Kier molecular flexibility index (Phi) is 9.79. The van der Waals surface area contributed by atoms with Crippen molar-refractivity contribution in [1.82, 2.24) is 0 Å². The number of fused-ring (bicyclic) bond motifs is 2. The van der Waals surface area contributed by atoms with Gasteiger partial charge in [-0.2, -0.15) is 0 Å². The zero-order valence-electron chi connectivity index (χ0n) is 30.4. The second-order valence-electron chi connectivity index (χ2n) is 13.7. The van der Waals surface area contributed by atoms with Crippen LogP contribution in [0.15, 0.2) is 60.7 Å². The highest BCUT2D eigenvalue weighted by Gasteiger charge is 2.37. The lowest BCUT2D eigenvalue weighted by Gasteiger charge is -2.27. The molecule has 54 heavy (non-hydrogen) atoms. The number of rotatable bonds is 11. The van der Waals surface area contributed by atoms with Gasteiger partial charge in [-0.1, -0.05) is 64.1 Å².